The lowest BCUT2D eigenvalue weighted by molar-refractivity contribution is -0.117. The van der Waals surface area contributed by atoms with Crippen molar-refractivity contribution in [2.45, 2.75) is 26.2 Å². The van der Waals surface area contributed by atoms with Crippen LogP contribution in [0.15, 0.2) is 24.3 Å². The second kappa shape index (κ2) is 9.92. The topological polar surface area (TPSA) is 71.1 Å². The molecule has 0 spiro atoms. The maximum Gasteiger partial charge on any atom is 0.341 e. The van der Waals surface area contributed by atoms with E-state index in [2.05, 4.69) is 28.1 Å². The smallest absolute Gasteiger partial charge is 0.341 e. The maximum atomic E-state index is 12.8. The molecule has 7 nitrogen and oxygen atoms in total. The van der Waals surface area contributed by atoms with Crippen LogP contribution in [-0.4, -0.2) is 63.7 Å². The van der Waals surface area contributed by atoms with Gasteiger partial charge in [-0.05, 0) is 42.9 Å². The molecule has 1 aromatic heterocycles. The average Bonchev–Trinajstić information content (AvgIpc) is 3.15. The number of piperazine rings is 1. The predicted molar refractivity (Wildman–Crippen MR) is 127 cm³/mol. The Kier molecular flexibility index (Phi) is 7.01. The minimum Gasteiger partial charge on any atom is -0.497 e. The van der Waals surface area contributed by atoms with Gasteiger partial charge in [0.1, 0.15) is 10.8 Å². The van der Waals surface area contributed by atoms with E-state index in [4.69, 9.17) is 9.47 Å². The van der Waals surface area contributed by atoms with E-state index >= 15 is 0 Å². The quantitative estimate of drug-likeness (QED) is 0.671. The Bertz CT molecular complexity index is 982. The van der Waals surface area contributed by atoms with Crippen LogP contribution in [0, 0.1) is 5.92 Å². The molecule has 1 saturated heterocycles. The zero-order valence-electron chi connectivity index (χ0n) is 19.0. The van der Waals surface area contributed by atoms with E-state index in [-0.39, 0.29) is 11.9 Å². The van der Waals surface area contributed by atoms with Gasteiger partial charge in [-0.3, -0.25) is 9.69 Å². The maximum absolute atomic E-state index is 12.8. The molecule has 172 valence electrons. The number of esters is 1. The molecule has 1 unspecified atom stereocenters. The number of anilines is 2. The number of benzene rings is 1. The first-order chi connectivity index (χ1) is 15.5. The molecule has 2 aliphatic rings. The van der Waals surface area contributed by atoms with Gasteiger partial charge >= 0.3 is 5.97 Å². The molecule has 1 atom stereocenters. The fraction of sp³-hybridized carbons (Fsp3) is 0.500. The predicted octanol–water partition coefficient (Wildman–Crippen LogP) is 3.43. The molecule has 2 aromatic rings. The van der Waals surface area contributed by atoms with Crippen LogP contribution in [0.3, 0.4) is 0 Å². The molecule has 0 bridgehead atoms. The highest BCUT2D eigenvalue weighted by Crippen LogP contribution is 2.40. The summed E-state index contributed by atoms with van der Waals surface area (Å²) in [6.45, 7) is 5.83. The number of nitrogens with zero attached hydrogens (tertiary/aromatic N) is 2. The summed E-state index contributed by atoms with van der Waals surface area (Å²) in [6.07, 6.45) is 2.87. The van der Waals surface area contributed by atoms with Gasteiger partial charge in [0.25, 0.3) is 0 Å². The van der Waals surface area contributed by atoms with Crippen LogP contribution in [0.2, 0.25) is 0 Å². The Hall–Kier alpha value is -2.58. The monoisotopic (exact) mass is 457 g/mol. The lowest BCUT2D eigenvalue weighted by Gasteiger charge is -2.35. The van der Waals surface area contributed by atoms with Crippen molar-refractivity contribution in [1.29, 1.82) is 0 Å². The summed E-state index contributed by atoms with van der Waals surface area (Å²) in [5.41, 5.74) is 2.74. The molecule has 1 amide bonds. The van der Waals surface area contributed by atoms with E-state index in [1.54, 1.807) is 7.11 Å². The van der Waals surface area contributed by atoms with E-state index < -0.39 is 0 Å². The molecule has 0 saturated carbocycles. The normalized spacial score (nSPS) is 18.7. The van der Waals surface area contributed by atoms with Crippen LogP contribution in [0.5, 0.6) is 5.75 Å². The second-order valence-corrected chi connectivity index (χ2v) is 9.67. The molecule has 1 fully saturated rings. The Morgan fingerprint density at radius 2 is 1.97 bits per heavy atom. The third kappa shape index (κ3) is 4.91. The minimum atomic E-state index is -0.362. The van der Waals surface area contributed by atoms with Gasteiger partial charge in [0.2, 0.25) is 5.91 Å². The Morgan fingerprint density at radius 3 is 2.69 bits per heavy atom. The van der Waals surface area contributed by atoms with E-state index in [1.807, 2.05) is 18.2 Å². The van der Waals surface area contributed by atoms with Gasteiger partial charge in [-0.15, -0.1) is 11.3 Å². The van der Waals surface area contributed by atoms with Crippen LogP contribution >= 0.6 is 11.3 Å². The summed E-state index contributed by atoms with van der Waals surface area (Å²) in [7, 11) is 3.07. The highest BCUT2D eigenvalue weighted by Gasteiger charge is 2.29. The van der Waals surface area contributed by atoms with E-state index in [0.717, 1.165) is 62.4 Å². The Balaban J connectivity index is 1.37. The number of methoxy groups -OCH3 is 2. The number of rotatable bonds is 6. The third-order valence-corrected chi connectivity index (χ3v) is 7.48. The van der Waals surface area contributed by atoms with Crippen molar-refractivity contribution >= 4 is 33.9 Å². The number of ether oxygens (including phenoxy) is 2. The summed E-state index contributed by atoms with van der Waals surface area (Å²) in [6, 6.07) is 8.05. The largest absolute Gasteiger partial charge is 0.497 e. The van der Waals surface area contributed by atoms with Gasteiger partial charge in [0.15, 0.2) is 0 Å². The van der Waals surface area contributed by atoms with Crippen molar-refractivity contribution < 1.29 is 19.1 Å². The highest BCUT2D eigenvalue weighted by atomic mass is 32.1. The lowest BCUT2D eigenvalue weighted by Crippen LogP contribution is -2.48. The molecule has 1 N–H and O–H groups in total. The average molecular weight is 458 g/mol. The molecule has 1 aliphatic carbocycles. The molecule has 32 heavy (non-hydrogen) atoms. The number of amides is 1. The number of hydrogen-bond acceptors (Lipinski definition) is 7. The summed E-state index contributed by atoms with van der Waals surface area (Å²) < 4.78 is 10.3. The Labute approximate surface area is 193 Å². The molecular formula is C24H31N3O4S. The van der Waals surface area contributed by atoms with Gasteiger partial charge in [-0.2, -0.15) is 0 Å². The highest BCUT2D eigenvalue weighted by molar-refractivity contribution is 7.17. The van der Waals surface area contributed by atoms with Crippen molar-refractivity contribution in [1.82, 2.24) is 4.90 Å². The van der Waals surface area contributed by atoms with Gasteiger partial charge < -0.3 is 19.7 Å². The first kappa shape index (κ1) is 22.6. The van der Waals surface area contributed by atoms with E-state index in [0.29, 0.717) is 23.0 Å². The van der Waals surface area contributed by atoms with Crippen molar-refractivity contribution in [3.63, 3.8) is 0 Å². The SMILES string of the molecule is COC(=O)c1c(NC(=O)CN2CCN(c3cccc(OC)c3)CC2)sc2c1CCC(C)C2. The number of carbonyl (C=O) groups is 2. The summed E-state index contributed by atoms with van der Waals surface area (Å²) in [5.74, 6) is 0.991. The van der Waals surface area contributed by atoms with Crippen LogP contribution in [-0.2, 0) is 22.4 Å². The molecular weight excluding hydrogens is 426 g/mol. The van der Waals surface area contributed by atoms with Crippen molar-refractivity contribution in [2.24, 2.45) is 5.92 Å². The molecule has 1 aromatic carbocycles. The summed E-state index contributed by atoms with van der Waals surface area (Å²) >= 11 is 1.53. The second-order valence-electron chi connectivity index (χ2n) is 8.56. The van der Waals surface area contributed by atoms with Crippen molar-refractivity contribution in [2.75, 3.05) is 57.2 Å². The van der Waals surface area contributed by atoms with Crippen LogP contribution < -0.4 is 15.0 Å². The van der Waals surface area contributed by atoms with Crippen LogP contribution in [0.1, 0.15) is 34.1 Å². The standard InChI is InChI=1S/C24H31N3O4S/c1-16-7-8-19-20(13-16)32-23(22(19)24(29)31-3)25-21(28)15-26-9-11-27(12-10-26)17-5-4-6-18(14-17)30-2/h4-6,14,16H,7-13,15H2,1-3H3,(H,25,28). The molecule has 8 heteroatoms. The van der Waals surface area contributed by atoms with E-state index in [1.165, 1.54) is 23.3 Å². The Morgan fingerprint density at radius 1 is 1.19 bits per heavy atom. The fourth-order valence-electron chi connectivity index (χ4n) is 4.50. The zero-order valence-corrected chi connectivity index (χ0v) is 19.8. The number of thiophene rings is 1. The molecule has 2 heterocycles. The van der Waals surface area contributed by atoms with Gasteiger partial charge in [0, 0.05) is 42.8 Å². The van der Waals surface area contributed by atoms with Gasteiger partial charge in [-0.1, -0.05) is 13.0 Å². The van der Waals surface area contributed by atoms with Crippen LogP contribution in [0.25, 0.3) is 0 Å². The molecule has 0 radical (unpaired) electrons. The fourth-order valence-corrected chi connectivity index (χ4v) is 5.91. The number of carbonyl (C=O) groups excluding carboxylic acids is 2. The number of fused-ring (bicyclic) bond motifs is 1. The lowest BCUT2D eigenvalue weighted by atomic mass is 9.88. The van der Waals surface area contributed by atoms with Gasteiger partial charge in [-0.25, -0.2) is 4.79 Å². The first-order valence-corrected chi connectivity index (χ1v) is 11.9. The van der Waals surface area contributed by atoms with Gasteiger partial charge in [0.05, 0.1) is 26.3 Å². The minimum absolute atomic E-state index is 0.0865. The van der Waals surface area contributed by atoms with Crippen molar-refractivity contribution in [3.05, 3.63) is 40.3 Å². The zero-order chi connectivity index (χ0) is 22.7. The van der Waals surface area contributed by atoms with Crippen molar-refractivity contribution in [3.8, 4) is 5.75 Å². The summed E-state index contributed by atoms with van der Waals surface area (Å²) in [4.78, 5) is 30.9. The van der Waals surface area contributed by atoms with E-state index in [9.17, 15) is 9.59 Å². The number of hydrogen-bond donors (Lipinski definition) is 1. The molecule has 4 rings (SSSR count). The molecule has 1 aliphatic heterocycles. The third-order valence-electron chi connectivity index (χ3n) is 6.31. The van der Waals surface area contributed by atoms with Crippen LogP contribution in [0.4, 0.5) is 10.7 Å². The first-order valence-electron chi connectivity index (χ1n) is 11.1. The number of nitrogens with one attached hydrogen (secondary N) is 1. The summed E-state index contributed by atoms with van der Waals surface area (Å²) in [5, 5.41) is 3.65.